The quantitative estimate of drug-likeness (QED) is 0.211. The largest absolute Gasteiger partial charge is 0.467 e. The molecule has 51 heavy (non-hydrogen) atoms. The van der Waals surface area contributed by atoms with Gasteiger partial charge in [0.25, 0.3) is 0 Å². The number of halogens is 3. The van der Waals surface area contributed by atoms with Gasteiger partial charge in [-0.15, -0.1) is 6.42 Å². The fourth-order valence-corrected chi connectivity index (χ4v) is 6.69. The van der Waals surface area contributed by atoms with Crippen LogP contribution in [0.25, 0.3) is 32.9 Å². The van der Waals surface area contributed by atoms with Crippen LogP contribution in [0.3, 0.4) is 0 Å². The summed E-state index contributed by atoms with van der Waals surface area (Å²) in [6.07, 6.45) is 9.53. The molecular formula is C38H42F3N7O3. The number of nitrogens with zero attached hydrogens (tertiary/aromatic N) is 7. The molecule has 2 atom stereocenters. The van der Waals surface area contributed by atoms with E-state index in [0.29, 0.717) is 66.3 Å². The van der Waals surface area contributed by atoms with Crippen LogP contribution in [0.2, 0.25) is 0 Å². The first-order chi connectivity index (χ1) is 24.4. The number of nitriles is 1. The van der Waals surface area contributed by atoms with Crippen molar-refractivity contribution in [2.75, 3.05) is 51.3 Å². The van der Waals surface area contributed by atoms with Crippen molar-refractivity contribution in [3.63, 3.8) is 0 Å². The molecule has 1 amide bonds. The van der Waals surface area contributed by atoms with E-state index < -0.39 is 23.4 Å². The minimum Gasteiger partial charge on any atom is -0.467 e. The van der Waals surface area contributed by atoms with Gasteiger partial charge in [0.15, 0.2) is 5.82 Å². The smallest absolute Gasteiger partial charge is 0.410 e. The molecule has 5 heterocycles. The number of ether oxygens (including phenoxy) is 2. The molecule has 3 fully saturated rings. The van der Waals surface area contributed by atoms with E-state index in [4.69, 9.17) is 21.2 Å². The maximum Gasteiger partial charge on any atom is 0.410 e. The molecule has 3 saturated heterocycles. The lowest BCUT2D eigenvalue weighted by Crippen LogP contribution is -2.50. The van der Waals surface area contributed by atoms with Gasteiger partial charge in [0.2, 0.25) is 0 Å². The summed E-state index contributed by atoms with van der Waals surface area (Å²) in [5.74, 6) is 1.54. The Balaban J connectivity index is 0.000000354. The molecule has 2 unspecified atom stereocenters. The molecule has 0 aliphatic carbocycles. The number of piperazine rings is 1. The Morgan fingerprint density at radius 1 is 1.08 bits per heavy atom. The van der Waals surface area contributed by atoms with Crippen LogP contribution < -0.4 is 9.64 Å². The molecule has 268 valence electrons. The van der Waals surface area contributed by atoms with Crippen molar-refractivity contribution < 1.29 is 27.4 Å². The summed E-state index contributed by atoms with van der Waals surface area (Å²) in [6, 6.07) is 10.4. The number of alkyl halides is 1. The molecule has 3 aliphatic rings. The number of hydrogen-bond donors (Lipinski definition) is 0. The first-order valence-electron chi connectivity index (χ1n) is 16.9. The van der Waals surface area contributed by atoms with E-state index in [-0.39, 0.29) is 28.9 Å². The molecule has 0 radical (unpaired) electrons. The Kier molecular flexibility index (Phi) is 11.5. The molecule has 3 aliphatic heterocycles. The zero-order valence-electron chi connectivity index (χ0n) is 29.5. The highest BCUT2D eigenvalue weighted by Crippen LogP contribution is 2.37. The fourth-order valence-electron chi connectivity index (χ4n) is 6.69. The Hall–Kier alpha value is -5.14. The molecule has 2 aromatic carbocycles. The Labute approximate surface area is 296 Å². The van der Waals surface area contributed by atoms with Crippen molar-refractivity contribution >= 4 is 33.6 Å². The number of methoxy groups -OCH3 is 1. The second-order valence-corrected chi connectivity index (χ2v) is 13.5. The summed E-state index contributed by atoms with van der Waals surface area (Å²) < 4.78 is 54.1. The van der Waals surface area contributed by atoms with Crippen molar-refractivity contribution in [1.29, 1.82) is 5.26 Å². The zero-order chi connectivity index (χ0) is 36.9. The van der Waals surface area contributed by atoms with Crippen LogP contribution in [0.15, 0.2) is 36.5 Å². The van der Waals surface area contributed by atoms with Gasteiger partial charge in [-0.25, -0.2) is 18.0 Å². The van der Waals surface area contributed by atoms with Gasteiger partial charge in [0.1, 0.15) is 34.6 Å². The number of anilines is 1. The number of carbonyl (C=O) groups excluding carboxylic acids is 1. The van der Waals surface area contributed by atoms with Crippen LogP contribution in [-0.2, 0) is 4.74 Å². The number of rotatable bonds is 3. The normalized spacial score (nSPS) is 18.5. The van der Waals surface area contributed by atoms with E-state index in [0.717, 1.165) is 13.0 Å². The van der Waals surface area contributed by atoms with Gasteiger partial charge in [-0.2, -0.15) is 15.2 Å². The predicted molar refractivity (Wildman–Crippen MR) is 190 cm³/mol. The second kappa shape index (κ2) is 15.8. The number of terminal acetylenes is 1. The predicted octanol–water partition coefficient (Wildman–Crippen LogP) is 6.89. The Morgan fingerprint density at radius 2 is 1.80 bits per heavy atom. The monoisotopic (exact) mass is 701 g/mol. The molecule has 0 N–H and O–H groups in total. The molecule has 0 spiro atoms. The number of amides is 1. The third kappa shape index (κ3) is 8.26. The molecule has 0 bridgehead atoms. The number of benzene rings is 2. The number of hydrogen-bond acceptors (Lipinski definition) is 9. The minimum atomic E-state index is -0.707. The van der Waals surface area contributed by atoms with Gasteiger partial charge in [-0.05, 0) is 58.0 Å². The van der Waals surface area contributed by atoms with E-state index in [1.54, 1.807) is 35.2 Å². The lowest BCUT2D eigenvalue weighted by Gasteiger charge is -2.36. The molecule has 4 aromatic rings. The van der Waals surface area contributed by atoms with Crippen LogP contribution in [-0.4, -0.2) is 95.0 Å². The summed E-state index contributed by atoms with van der Waals surface area (Å²) in [5, 5.41) is 8.75. The zero-order valence-corrected chi connectivity index (χ0v) is 29.5. The van der Waals surface area contributed by atoms with Crippen LogP contribution in [0.1, 0.15) is 52.5 Å². The van der Waals surface area contributed by atoms with Crippen molar-refractivity contribution in [3.05, 3.63) is 53.7 Å². The summed E-state index contributed by atoms with van der Waals surface area (Å²) in [4.78, 5) is 31.5. The van der Waals surface area contributed by atoms with Gasteiger partial charge < -0.3 is 19.3 Å². The van der Waals surface area contributed by atoms with Crippen LogP contribution in [0.5, 0.6) is 6.01 Å². The van der Waals surface area contributed by atoms with E-state index in [1.807, 2.05) is 25.7 Å². The van der Waals surface area contributed by atoms with E-state index >= 15 is 4.39 Å². The minimum absolute atomic E-state index is 0.00656. The number of carbonyl (C=O) groups is 1. The topological polar surface area (TPSA) is 108 Å². The lowest BCUT2D eigenvalue weighted by atomic mass is 9.96. The van der Waals surface area contributed by atoms with Crippen LogP contribution >= 0.6 is 0 Å². The van der Waals surface area contributed by atoms with Crippen molar-refractivity contribution in [3.8, 4) is 35.7 Å². The first-order valence-corrected chi connectivity index (χ1v) is 16.9. The van der Waals surface area contributed by atoms with Crippen molar-refractivity contribution in [2.45, 2.75) is 64.8 Å². The average Bonchev–Trinajstić information content (AvgIpc) is 3.69. The number of pyridine rings is 1. The second-order valence-electron chi connectivity index (χ2n) is 13.5. The third-order valence-corrected chi connectivity index (χ3v) is 8.91. The van der Waals surface area contributed by atoms with Gasteiger partial charge in [0.05, 0.1) is 24.1 Å². The van der Waals surface area contributed by atoms with Gasteiger partial charge >= 0.3 is 12.1 Å². The van der Waals surface area contributed by atoms with Crippen molar-refractivity contribution in [1.82, 2.24) is 24.8 Å². The van der Waals surface area contributed by atoms with Gasteiger partial charge in [-0.3, -0.25) is 9.88 Å². The van der Waals surface area contributed by atoms with E-state index in [9.17, 15) is 13.6 Å². The van der Waals surface area contributed by atoms with E-state index in [2.05, 4.69) is 25.8 Å². The Bertz CT molecular complexity index is 1970. The molecule has 13 heteroatoms. The molecule has 10 nitrogen and oxygen atoms in total. The summed E-state index contributed by atoms with van der Waals surface area (Å²) in [7, 11) is 1.40. The van der Waals surface area contributed by atoms with Crippen LogP contribution in [0.4, 0.5) is 23.8 Å². The van der Waals surface area contributed by atoms with Crippen molar-refractivity contribution in [2.24, 2.45) is 0 Å². The number of fused-ring (bicyclic) bond motifs is 3. The summed E-state index contributed by atoms with van der Waals surface area (Å²) in [6.45, 7) is 10.4. The first kappa shape index (κ1) is 37.1. The highest BCUT2D eigenvalue weighted by molar-refractivity contribution is 6.02. The maximum absolute atomic E-state index is 16.2. The molecule has 2 aromatic heterocycles. The van der Waals surface area contributed by atoms with Gasteiger partial charge in [-0.1, -0.05) is 30.2 Å². The Morgan fingerprint density at radius 3 is 2.45 bits per heavy atom. The average molecular weight is 702 g/mol. The third-order valence-electron chi connectivity index (χ3n) is 8.91. The van der Waals surface area contributed by atoms with Gasteiger partial charge in [0, 0.05) is 62.8 Å². The molecule has 0 saturated carbocycles. The standard InChI is InChI=1S/C29H27F2N5O3.C7H12FN.C2H3N/c1-6-18-21(30)11-10-17-8-7-9-19(22(17)18)24-23(31)25-20(16-32-24)26(34-27(33-25)38-5)35-12-14-36(15-13-35)28(37)39-29(2,3)4;8-6-4-7-2-1-3-9(7)5-6;1-2-3/h1,7-11,16H,12-15H2,2-5H3;6-7H,1-5H2;1H3. The lowest BCUT2D eigenvalue weighted by molar-refractivity contribution is 0.0240. The fraction of sp³-hybridized carbons (Fsp3) is 0.447. The molecule has 7 rings (SSSR count). The number of aromatic nitrogens is 3. The SMILES string of the molecule is C#Cc1c(F)ccc2cccc(-c3ncc4c(N5CCN(C(=O)OC(C)(C)C)CC5)nc(OC)nc4c3F)c12.CC#N.FC1CC2CCCN2C1. The summed E-state index contributed by atoms with van der Waals surface area (Å²) >= 11 is 0. The van der Waals surface area contributed by atoms with Crippen LogP contribution in [0, 0.1) is 35.3 Å². The highest BCUT2D eigenvalue weighted by Gasteiger charge is 2.35. The maximum atomic E-state index is 16.2. The summed E-state index contributed by atoms with van der Waals surface area (Å²) in [5.41, 5.74) is -0.219. The van der Waals surface area contributed by atoms with E-state index in [1.165, 1.54) is 39.1 Å². The highest BCUT2D eigenvalue weighted by atomic mass is 19.1. The molecular weight excluding hydrogens is 659 g/mol.